The maximum absolute atomic E-state index is 11.6. The third-order valence-electron chi connectivity index (χ3n) is 5.27. The van der Waals surface area contributed by atoms with Crippen molar-refractivity contribution >= 4 is 45.4 Å². The van der Waals surface area contributed by atoms with Gasteiger partial charge in [0.2, 0.25) is 10.0 Å². The molecule has 0 aliphatic heterocycles. The SMILES string of the molecule is CS(=O)(=O)Nc1cc([C@@H](O)CNCCCCCCOCCOCc2c(Cl)cccc2Cl)ccc1OC=O. The van der Waals surface area contributed by atoms with Crippen LogP contribution >= 0.6 is 23.2 Å². The van der Waals surface area contributed by atoms with Crippen LogP contribution in [0.4, 0.5) is 5.69 Å². The molecule has 0 heterocycles. The Balaban J connectivity index is 1.53. The lowest BCUT2D eigenvalue weighted by Crippen LogP contribution is -2.22. The van der Waals surface area contributed by atoms with E-state index < -0.39 is 16.1 Å². The Morgan fingerprint density at radius 2 is 1.70 bits per heavy atom. The molecule has 12 heteroatoms. The first-order valence-electron chi connectivity index (χ1n) is 11.9. The average Bonchev–Trinajstić information content (AvgIpc) is 2.83. The number of sulfonamides is 1. The van der Waals surface area contributed by atoms with E-state index in [4.69, 9.17) is 37.4 Å². The number of aliphatic hydroxyl groups excluding tert-OH is 1. The Hall–Kier alpha value is -1.92. The van der Waals surface area contributed by atoms with Gasteiger partial charge in [0.15, 0.2) is 5.75 Å². The minimum Gasteiger partial charge on any atom is -0.427 e. The van der Waals surface area contributed by atoms with E-state index >= 15 is 0 Å². The topological polar surface area (TPSA) is 123 Å². The number of rotatable bonds is 19. The highest BCUT2D eigenvalue weighted by Crippen LogP contribution is 2.29. The molecule has 206 valence electrons. The predicted octanol–water partition coefficient (Wildman–Crippen LogP) is 4.32. The number of hydrogen-bond donors (Lipinski definition) is 3. The van der Waals surface area contributed by atoms with E-state index in [0.717, 1.165) is 44.0 Å². The monoisotopic (exact) mass is 576 g/mol. The zero-order valence-corrected chi connectivity index (χ0v) is 23.1. The molecule has 0 radical (unpaired) electrons. The molecule has 0 fully saturated rings. The van der Waals surface area contributed by atoms with Crippen LogP contribution < -0.4 is 14.8 Å². The molecular weight excluding hydrogens is 543 g/mol. The standard InChI is InChI=1S/C25H34Cl2N2O7S/c1-37(32,33)29-23-15-19(9-10-25(23)36-18-30)24(31)16-28-11-4-2-3-5-12-34-13-14-35-17-20-21(26)7-6-8-22(20)27/h6-10,15,18,24,28-29,31H,2-5,11-14,16-17H2,1H3/t24-/m0/s1. The normalized spacial score (nSPS) is 12.3. The summed E-state index contributed by atoms with van der Waals surface area (Å²) >= 11 is 12.2. The van der Waals surface area contributed by atoms with E-state index in [1.54, 1.807) is 24.3 Å². The van der Waals surface area contributed by atoms with Crippen LogP contribution in [0.15, 0.2) is 36.4 Å². The van der Waals surface area contributed by atoms with Crippen LogP contribution in [0.25, 0.3) is 0 Å². The predicted molar refractivity (Wildman–Crippen MR) is 145 cm³/mol. The molecule has 2 rings (SSSR count). The smallest absolute Gasteiger partial charge is 0.298 e. The van der Waals surface area contributed by atoms with Crippen molar-refractivity contribution in [1.29, 1.82) is 0 Å². The van der Waals surface area contributed by atoms with Crippen molar-refractivity contribution in [1.82, 2.24) is 5.32 Å². The first-order valence-corrected chi connectivity index (χ1v) is 14.5. The van der Waals surface area contributed by atoms with Crippen LogP contribution in [0.2, 0.25) is 10.0 Å². The first kappa shape index (κ1) is 31.3. The summed E-state index contributed by atoms with van der Waals surface area (Å²) < 4.78 is 41.4. The van der Waals surface area contributed by atoms with Gasteiger partial charge in [-0.25, -0.2) is 8.42 Å². The fourth-order valence-electron chi connectivity index (χ4n) is 3.42. The van der Waals surface area contributed by atoms with Crippen LogP contribution in [0.5, 0.6) is 5.75 Å². The molecule has 0 amide bonds. The molecule has 37 heavy (non-hydrogen) atoms. The maximum atomic E-state index is 11.6. The zero-order valence-electron chi connectivity index (χ0n) is 20.8. The van der Waals surface area contributed by atoms with Crippen LogP contribution in [0.1, 0.15) is 42.9 Å². The molecule has 2 aromatic carbocycles. The number of nitrogens with one attached hydrogen (secondary N) is 2. The Morgan fingerprint density at radius 3 is 2.41 bits per heavy atom. The number of halogens is 2. The maximum Gasteiger partial charge on any atom is 0.298 e. The Labute approximate surface area is 228 Å². The van der Waals surface area contributed by atoms with Crippen LogP contribution in [0.3, 0.4) is 0 Å². The van der Waals surface area contributed by atoms with E-state index in [2.05, 4.69) is 10.0 Å². The number of hydrogen-bond acceptors (Lipinski definition) is 8. The third kappa shape index (κ3) is 12.4. The van der Waals surface area contributed by atoms with Crippen molar-refractivity contribution in [3.8, 4) is 5.75 Å². The molecule has 0 saturated carbocycles. The van der Waals surface area contributed by atoms with Gasteiger partial charge in [-0.3, -0.25) is 9.52 Å². The van der Waals surface area contributed by atoms with Crippen LogP contribution in [-0.2, 0) is 30.9 Å². The molecular formula is C25H34Cl2N2O7S. The Morgan fingerprint density at radius 1 is 1.00 bits per heavy atom. The van der Waals surface area contributed by atoms with Gasteiger partial charge in [-0.05, 0) is 49.2 Å². The molecule has 0 unspecified atom stereocenters. The van der Waals surface area contributed by atoms with Crippen LogP contribution in [0, 0.1) is 0 Å². The number of anilines is 1. The second-order valence-corrected chi connectivity index (χ2v) is 10.9. The number of unbranched alkanes of at least 4 members (excludes halogenated alkanes) is 3. The van der Waals surface area contributed by atoms with Crippen molar-refractivity contribution in [2.45, 2.75) is 38.4 Å². The highest BCUT2D eigenvalue weighted by atomic mass is 35.5. The molecule has 0 bridgehead atoms. The molecule has 1 atom stereocenters. The molecule has 0 aliphatic rings. The summed E-state index contributed by atoms with van der Waals surface area (Å²) in [5.74, 6) is 0.0582. The third-order valence-corrected chi connectivity index (χ3v) is 6.57. The minimum absolute atomic E-state index is 0.0582. The van der Waals surface area contributed by atoms with Gasteiger partial charge < -0.3 is 24.6 Å². The number of aliphatic hydroxyl groups is 1. The first-order chi connectivity index (χ1) is 17.7. The van der Waals surface area contributed by atoms with Gasteiger partial charge in [0.25, 0.3) is 6.47 Å². The largest absolute Gasteiger partial charge is 0.427 e. The molecule has 0 spiro atoms. The minimum atomic E-state index is -3.58. The lowest BCUT2D eigenvalue weighted by atomic mass is 10.1. The summed E-state index contributed by atoms with van der Waals surface area (Å²) in [6.45, 7) is 3.23. The Bertz CT molecular complexity index is 1070. The number of benzene rings is 2. The van der Waals surface area contributed by atoms with Crippen molar-refractivity contribution in [3.63, 3.8) is 0 Å². The van der Waals surface area contributed by atoms with Crippen molar-refractivity contribution in [3.05, 3.63) is 57.6 Å². The van der Waals surface area contributed by atoms with E-state index in [1.807, 2.05) is 0 Å². The van der Waals surface area contributed by atoms with Gasteiger partial charge in [-0.2, -0.15) is 0 Å². The molecule has 2 aromatic rings. The summed E-state index contributed by atoms with van der Waals surface area (Å²) in [4.78, 5) is 10.6. The average molecular weight is 578 g/mol. The lowest BCUT2D eigenvalue weighted by molar-refractivity contribution is -0.120. The van der Waals surface area contributed by atoms with Gasteiger partial charge >= 0.3 is 0 Å². The second kappa shape index (κ2) is 16.8. The van der Waals surface area contributed by atoms with Gasteiger partial charge in [0.1, 0.15) is 0 Å². The van der Waals surface area contributed by atoms with E-state index in [0.29, 0.717) is 48.6 Å². The Kier molecular flexibility index (Phi) is 14.2. The second-order valence-electron chi connectivity index (χ2n) is 8.34. The van der Waals surface area contributed by atoms with Crippen molar-refractivity contribution in [2.75, 3.05) is 43.9 Å². The quantitative estimate of drug-likeness (QED) is 0.167. The number of carbonyl (C=O) groups excluding carboxylic acids is 1. The van der Waals surface area contributed by atoms with E-state index in [-0.39, 0.29) is 17.9 Å². The van der Waals surface area contributed by atoms with Gasteiger partial charge in [0.05, 0.1) is 37.9 Å². The summed E-state index contributed by atoms with van der Waals surface area (Å²) in [5, 5.41) is 14.8. The summed E-state index contributed by atoms with van der Waals surface area (Å²) in [5.41, 5.74) is 1.36. The zero-order chi connectivity index (χ0) is 27.1. The number of carbonyl (C=O) groups is 1. The van der Waals surface area contributed by atoms with E-state index in [9.17, 15) is 18.3 Å². The molecule has 3 N–H and O–H groups in total. The fourth-order valence-corrected chi connectivity index (χ4v) is 4.48. The highest BCUT2D eigenvalue weighted by molar-refractivity contribution is 7.92. The van der Waals surface area contributed by atoms with Gasteiger partial charge in [0, 0.05) is 28.8 Å². The van der Waals surface area contributed by atoms with Crippen molar-refractivity contribution in [2.24, 2.45) is 0 Å². The van der Waals surface area contributed by atoms with Crippen LogP contribution in [-0.4, -0.2) is 59.2 Å². The van der Waals surface area contributed by atoms with Gasteiger partial charge in [-0.15, -0.1) is 0 Å². The summed E-state index contributed by atoms with van der Waals surface area (Å²) in [7, 11) is -3.58. The summed E-state index contributed by atoms with van der Waals surface area (Å²) in [6, 6.07) is 9.82. The molecule has 9 nitrogen and oxygen atoms in total. The molecule has 0 saturated heterocycles. The highest BCUT2D eigenvalue weighted by Gasteiger charge is 2.14. The lowest BCUT2D eigenvalue weighted by Gasteiger charge is -2.15. The van der Waals surface area contributed by atoms with E-state index in [1.165, 1.54) is 12.1 Å². The summed E-state index contributed by atoms with van der Waals surface area (Å²) in [6.07, 6.45) is 4.08. The number of ether oxygens (including phenoxy) is 3. The fraction of sp³-hybridized carbons (Fsp3) is 0.480. The van der Waals surface area contributed by atoms with Gasteiger partial charge in [-0.1, -0.05) is 48.2 Å². The molecule has 0 aromatic heterocycles. The molecule has 0 aliphatic carbocycles. The van der Waals surface area contributed by atoms with Crippen molar-refractivity contribution < 1.29 is 32.5 Å².